The highest BCUT2D eigenvalue weighted by Crippen LogP contribution is 2.12. The Labute approximate surface area is 179 Å². The maximum Gasteiger partial charge on any atom is 0.190 e. The molecule has 1 aromatic rings. The molecular formula is C19H31ClIN3O2. The highest BCUT2D eigenvalue weighted by molar-refractivity contribution is 14.0. The molecule has 1 atom stereocenters. The van der Waals surface area contributed by atoms with Gasteiger partial charge in [-0.05, 0) is 49.8 Å². The lowest BCUT2D eigenvalue weighted by molar-refractivity contribution is 0.0168. The van der Waals surface area contributed by atoms with Gasteiger partial charge in [-0.1, -0.05) is 23.7 Å². The van der Waals surface area contributed by atoms with Crippen molar-refractivity contribution in [2.45, 2.75) is 38.2 Å². The molecule has 148 valence electrons. The van der Waals surface area contributed by atoms with Crippen LogP contribution in [0.15, 0.2) is 29.3 Å². The monoisotopic (exact) mass is 495 g/mol. The van der Waals surface area contributed by atoms with E-state index in [4.69, 9.17) is 21.1 Å². The molecule has 1 aliphatic heterocycles. The summed E-state index contributed by atoms with van der Waals surface area (Å²) < 4.78 is 11.2. The van der Waals surface area contributed by atoms with Crippen molar-refractivity contribution in [3.63, 3.8) is 0 Å². The van der Waals surface area contributed by atoms with E-state index in [1.807, 2.05) is 12.1 Å². The van der Waals surface area contributed by atoms with Crippen molar-refractivity contribution in [2.75, 3.05) is 40.0 Å². The zero-order chi connectivity index (χ0) is 17.7. The summed E-state index contributed by atoms with van der Waals surface area (Å²) in [6.45, 7) is 4.09. The molecule has 26 heavy (non-hydrogen) atoms. The first-order chi connectivity index (χ1) is 12.3. The van der Waals surface area contributed by atoms with Gasteiger partial charge in [0.1, 0.15) is 0 Å². The van der Waals surface area contributed by atoms with E-state index in [0.717, 1.165) is 76.0 Å². The number of nitrogens with zero attached hydrogens (tertiary/aromatic N) is 1. The van der Waals surface area contributed by atoms with Crippen molar-refractivity contribution >= 4 is 41.5 Å². The molecule has 1 aliphatic rings. The fourth-order valence-corrected chi connectivity index (χ4v) is 2.87. The van der Waals surface area contributed by atoms with Crippen molar-refractivity contribution < 1.29 is 9.47 Å². The van der Waals surface area contributed by atoms with Gasteiger partial charge in [0.15, 0.2) is 5.96 Å². The first-order valence-electron chi connectivity index (χ1n) is 9.16. The topological polar surface area (TPSA) is 54.9 Å². The smallest absolute Gasteiger partial charge is 0.190 e. The van der Waals surface area contributed by atoms with Gasteiger partial charge in [0.25, 0.3) is 0 Å². The van der Waals surface area contributed by atoms with E-state index >= 15 is 0 Å². The summed E-state index contributed by atoms with van der Waals surface area (Å²) in [5, 5.41) is 7.44. The summed E-state index contributed by atoms with van der Waals surface area (Å²) in [6, 6.07) is 8.02. The fraction of sp³-hybridized carbons (Fsp3) is 0.632. The van der Waals surface area contributed by atoms with Gasteiger partial charge in [-0.15, -0.1) is 24.0 Å². The lowest BCUT2D eigenvalue weighted by Crippen LogP contribution is -2.38. The lowest BCUT2D eigenvalue weighted by Gasteiger charge is -2.13. The second-order valence-corrected chi connectivity index (χ2v) is 6.66. The fourth-order valence-electron chi connectivity index (χ4n) is 2.74. The van der Waals surface area contributed by atoms with Crippen LogP contribution in [0.1, 0.15) is 31.2 Å². The first-order valence-corrected chi connectivity index (χ1v) is 9.54. The highest BCUT2D eigenvalue weighted by Gasteiger charge is 2.14. The average molecular weight is 496 g/mol. The van der Waals surface area contributed by atoms with Crippen molar-refractivity contribution in [1.29, 1.82) is 0 Å². The van der Waals surface area contributed by atoms with E-state index in [2.05, 4.69) is 27.8 Å². The van der Waals surface area contributed by atoms with E-state index in [0.29, 0.717) is 6.10 Å². The maximum atomic E-state index is 5.89. The molecule has 5 nitrogen and oxygen atoms in total. The Balaban J connectivity index is 0.00000338. The van der Waals surface area contributed by atoms with Crippen LogP contribution in [0.5, 0.6) is 0 Å². The number of rotatable bonds is 10. The Morgan fingerprint density at radius 1 is 1.23 bits per heavy atom. The van der Waals surface area contributed by atoms with Crippen LogP contribution in [0.25, 0.3) is 0 Å². The normalized spacial score (nSPS) is 17.0. The number of ether oxygens (including phenoxy) is 2. The Morgan fingerprint density at radius 2 is 1.96 bits per heavy atom. The molecule has 0 aliphatic carbocycles. The number of aliphatic imine (C=N–C) groups is 1. The average Bonchev–Trinajstić information content (AvgIpc) is 3.14. The van der Waals surface area contributed by atoms with Gasteiger partial charge < -0.3 is 20.1 Å². The van der Waals surface area contributed by atoms with Crippen LogP contribution in [0.4, 0.5) is 0 Å². The Morgan fingerprint density at radius 3 is 2.62 bits per heavy atom. The first kappa shape index (κ1) is 23.5. The van der Waals surface area contributed by atoms with Crippen LogP contribution < -0.4 is 10.6 Å². The van der Waals surface area contributed by atoms with Crippen LogP contribution in [-0.4, -0.2) is 52.0 Å². The third kappa shape index (κ3) is 9.94. The molecule has 1 heterocycles. The number of benzene rings is 1. The predicted molar refractivity (Wildman–Crippen MR) is 119 cm³/mol. The van der Waals surface area contributed by atoms with Crippen molar-refractivity contribution in [3.8, 4) is 0 Å². The standard InChI is InChI=1S/C19H30ClN3O2.HI/c1-21-19(22-11-2-5-16-7-9-17(20)10-8-16)23-12-4-13-24-15-18-6-3-14-25-18;/h7-10,18H,2-6,11-15H2,1H3,(H2,21,22,23);1H. The molecule has 0 bridgehead atoms. The SMILES string of the molecule is CN=C(NCCCOCC1CCCO1)NCCCc1ccc(Cl)cc1.I. The van der Waals surface area contributed by atoms with Crippen LogP contribution in [0.3, 0.4) is 0 Å². The third-order valence-electron chi connectivity index (χ3n) is 4.16. The molecule has 0 aromatic heterocycles. The molecule has 0 amide bonds. The molecule has 7 heteroatoms. The second kappa shape index (κ2) is 14.5. The van der Waals surface area contributed by atoms with Gasteiger partial charge in [0.05, 0.1) is 12.7 Å². The van der Waals surface area contributed by atoms with Gasteiger partial charge in [0, 0.05) is 38.4 Å². The van der Waals surface area contributed by atoms with Crippen LogP contribution in [0, 0.1) is 0 Å². The summed E-state index contributed by atoms with van der Waals surface area (Å²) in [7, 11) is 1.79. The van der Waals surface area contributed by atoms with Crippen molar-refractivity contribution in [3.05, 3.63) is 34.9 Å². The number of aryl methyl sites for hydroxylation is 1. The Kier molecular flexibility index (Phi) is 13.1. The molecule has 0 radical (unpaired) electrons. The van der Waals surface area contributed by atoms with E-state index in [9.17, 15) is 0 Å². The number of guanidine groups is 1. The minimum atomic E-state index is 0. The van der Waals surface area contributed by atoms with E-state index < -0.39 is 0 Å². The predicted octanol–water partition coefficient (Wildman–Crippen LogP) is 3.64. The highest BCUT2D eigenvalue weighted by atomic mass is 127. The third-order valence-corrected chi connectivity index (χ3v) is 4.41. The zero-order valence-corrected chi connectivity index (χ0v) is 18.6. The van der Waals surface area contributed by atoms with Gasteiger partial charge in [0.2, 0.25) is 0 Å². The second-order valence-electron chi connectivity index (χ2n) is 6.22. The Bertz CT molecular complexity index is 508. The quantitative estimate of drug-likeness (QED) is 0.225. The molecular weight excluding hydrogens is 465 g/mol. The maximum absolute atomic E-state index is 5.89. The van der Waals surface area contributed by atoms with Gasteiger partial charge in [-0.25, -0.2) is 0 Å². The summed E-state index contributed by atoms with van der Waals surface area (Å²) in [5.41, 5.74) is 1.30. The van der Waals surface area contributed by atoms with Gasteiger partial charge >= 0.3 is 0 Å². The van der Waals surface area contributed by atoms with E-state index in [1.165, 1.54) is 5.56 Å². The Hall–Kier alpha value is -0.570. The van der Waals surface area contributed by atoms with Crippen LogP contribution >= 0.6 is 35.6 Å². The van der Waals surface area contributed by atoms with Gasteiger partial charge in [-0.3, -0.25) is 4.99 Å². The minimum absolute atomic E-state index is 0. The molecule has 2 rings (SSSR count). The zero-order valence-electron chi connectivity index (χ0n) is 15.5. The number of hydrogen-bond donors (Lipinski definition) is 2. The molecule has 0 saturated carbocycles. The minimum Gasteiger partial charge on any atom is -0.379 e. The van der Waals surface area contributed by atoms with Crippen LogP contribution in [0.2, 0.25) is 5.02 Å². The summed E-state index contributed by atoms with van der Waals surface area (Å²) in [5.74, 6) is 0.843. The van der Waals surface area contributed by atoms with Crippen molar-refractivity contribution in [2.24, 2.45) is 4.99 Å². The number of halogens is 2. The molecule has 1 aromatic carbocycles. The largest absolute Gasteiger partial charge is 0.379 e. The number of nitrogens with one attached hydrogen (secondary N) is 2. The molecule has 1 fully saturated rings. The number of hydrogen-bond acceptors (Lipinski definition) is 3. The molecule has 2 N–H and O–H groups in total. The van der Waals surface area contributed by atoms with Gasteiger partial charge in [-0.2, -0.15) is 0 Å². The van der Waals surface area contributed by atoms with Crippen LogP contribution in [-0.2, 0) is 15.9 Å². The summed E-state index contributed by atoms with van der Waals surface area (Å²) >= 11 is 5.89. The molecule has 0 spiro atoms. The lowest BCUT2D eigenvalue weighted by atomic mass is 10.1. The summed E-state index contributed by atoms with van der Waals surface area (Å²) in [6.07, 6.45) is 5.63. The summed E-state index contributed by atoms with van der Waals surface area (Å²) in [4.78, 5) is 4.24. The molecule has 1 saturated heterocycles. The van der Waals surface area contributed by atoms with Crippen molar-refractivity contribution in [1.82, 2.24) is 10.6 Å². The van der Waals surface area contributed by atoms with E-state index in [1.54, 1.807) is 7.05 Å². The molecule has 1 unspecified atom stereocenters. The van der Waals surface area contributed by atoms with E-state index in [-0.39, 0.29) is 24.0 Å².